The predicted octanol–water partition coefficient (Wildman–Crippen LogP) is 3.62. The van der Waals surface area contributed by atoms with Crippen LogP contribution in [0, 0.1) is 5.82 Å². The van der Waals surface area contributed by atoms with Gasteiger partial charge in [-0.3, -0.25) is 0 Å². The van der Waals surface area contributed by atoms with Crippen molar-refractivity contribution in [1.29, 1.82) is 0 Å². The summed E-state index contributed by atoms with van der Waals surface area (Å²) in [6, 6.07) is 6.21. The van der Waals surface area contributed by atoms with Crippen molar-refractivity contribution in [2.45, 2.75) is 13.3 Å². The summed E-state index contributed by atoms with van der Waals surface area (Å²) in [7, 11) is 1.77. The first kappa shape index (κ1) is 13.5. The molecule has 0 spiro atoms. The Bertz CT molecular complexity index is 546. The van der Waals surface area contributed by atoms with Gasteiger partial charge in [-0.1, -0.05) is 24.6 Å². The predicted molar refractivity (Wildman–Crippen MR) is 75.6 cm³/mol. The van der Waals surface area contributed by atoms with Gasteiger partial charge in [0, 0.05) is 19.5 Å². The number of benzene rings is 1. The van der Waals surface area contributed by atoms with Crippen molar-refractivity contribution >= 4 is 28.9 Å². The first-order chi connectivity index (χ1) is 9.13. The van der Waals surface area contributed by atoms with Crippen LogP contribution >= 0.6 is 11.6 Å². The molecular formula is C13H14ClFN4. The lowest BCUT2D eigenvalue weighted by Crippen LogP contribution is -2.04. The minimum absolute atomic E-state index is 0.215. The van der Waals surface area contributed by atoms with Crippen molar-refractivity contribution in [1.82, 2.24) is 9.97 Å². The Morgan fingerprint density at radius 2 is 2.00 bits per heavy atom. The van der Waals surface area contributed by atoms with E-state index in [2.05, 4.69) is 20.6 Å². The molecule has 0 aliphatic rings. The standard InChI is InChI=1S/C13H14ClFN4/c1-3-10-17-11(16-2)7-12(18-10)19-13-8(14)5-4-6-9(13)15/h4-7H,3H2,1-2H3,(H2,16,17,18,19). The van der Waals surface area contributed by atoms with Crippen molar-refractivity contribution in [3.63, 3.8) is 0 Å². The minimum Gasteiger partial charge on any atom is -0.373 e. The highest BCUT2D eigenvalue weighted by atomic mass is 35.5. The summed E-state index contributed by atoms with van der Waals surface area (Å²) < 4.78 is 13.7. The summed E-state index contributed by atoms with van der Waals surface area (Å²) >= 11 is 5.97. The fourth-order valence-corrected chi connectivity index (χ4v) is 1.80. The van der Waals surface area contributed by atoms with Gasteiger partial charge in [-0.25, -0.2) is 14.4 Å². The Labute approximate surface area is 116 Å². The zero-order chi connectivity index (χ0) is 13.8. The van der Waals surface area contributed by atoms with Crippen LogP contribution in [-0.4, -0.2) is 17.0 Å². The smallest absolute Gasteiger partial charge is 0.148 e. The van der Waals surface area contributed by atoms with E-state index in [1.807, 2.05) is 6.92 Å². The van der Waals surface area contributed by atoms with Crippen LogP contribution in [0.2, 0.25) is 5.02 Å². The highest BCUT2D eigenvalue weighted by Gasteiger charge is 2.09. The third-order valence-corrected chi connectivity index (χ3v) is 2.88. The molecule has 0 atom stereocenters. The molecule has 0 amide bonds. The van der Waals surface area contributed by atoms with Crippen molar-refractivity contribution in [2.75, 3.05) is 17.7 Å². The summed E-state index contributed by atoms with van der Waals surface area (Å²) in [6.07, 6.45) is 0.690. The third-order valence-electron chi connectivity index (χ3n) is 2.56. The second-order valence-corrected chi connectivity index (χ2v) is 4.29. The molecule has 6 heteroatoms. The largest absolute Gasteiger partial charge is 0.373 e. The lowest BCUT2D eigenvalue weighted by Gasteiger charge is -2.11. The van der Waals surface area contributed by atoms with Gasteiger partial charge in [0.2, 0.25) is 0 Å². The van der Waals surface area contributed by atoms with Crippen molar-refractivity contribution in [3.05, 3.63) is 40.9 Å². The topological polar surface area (TPSA) is 49.8 Å². The van der Waals surface area contributed by atoms with Crippen molar-refractivity contribution in [3.8, 4) is 0 Å². The summed E-state index contributed by atoms with van der Waals surface area (Å²) in [6.45, 7) is 1.95. The molecule has 2 aromatic rings. The van der Waals surface area contributed by atoms with Crippen LogP contribution in [0.15, 0.2) is 24.3 Å². The Hall–Kier alpha value is -1.88. The zero-order valence-electron chi connectivity index (χ0n) is 10.7. The molecule has 0 radical (unpaired) electrons. The zero-order valence-corrected chi connectivity index (χ0v) is 11.4. The number of nitrogens with one attached hydrogen (secondary N) is 2. The molecule has 0 aliphatic heterocycles. The molecule has 100 valence electrons. The summed E-state index contributed by atoms with van der Waals surface area (Å²) in [5, 5.41) is 6.14. The molecule has 1 heterocycles. The van der Waals surface area contributed by atoms with Crippen LogP contribution in [0.25, 0.3) is 0 Å². The number of nitrogens with zero attached hydrogens (tertiary/aromatic N) is 2. The van der Waals surface area contributed by atoms with Crippen LogP contribution < -0.4 is 10.6 Å². The maximum absolute atomic E-state index is 13.7. The van der Waals surface area contributed by atoms with Crippen LogP contribution in [0.4, 0.5) is 21.7 Å². The molecule has 1 aromatic heterocycles. The Balaban J connectivity index is 2.37. The van der Waals surface area contributed by atoms with Gasteiger partial charge in [-0.2, -0.15) is 0 Å². The molecule has 2 N–H and O–H groups in total. The number of halogens is 2. The normalized spacial score (nSPS) is 10.3. The first-order valence-corrected chi connectivity index (χ1v) is 6.28. The molecule has 0 unspecified atom stereocenters. The Kier molecular flexibility index (Phi) is 4.16. The van der Waals surface area contributed by atoms with Gasteiger partial charge >= 0.3 is 0 Å². The van der Waals surface area contributed by atoms with Gasteiger partial charge in [0.05, 0.1) is 10.7 Å². The lowest BCUT2D eigenvalue weighted by molar-refractivity contribution is 0.632. The SMILES string of the molecule is CCc1nc(NC)cc(Nc2c(F)cccc2Cl)n1. The molecule has 0 saturated carbocycles. The molecule has 2 rings (SSSR count). The second kappa shape index (κ2) is 5.84. The van der Waals surface area contributed by atoms with Crippen LogP contribution in [-0.2, 0) is 6.42 Å². The maximum Gasteiger partial charge on any atom is 0.148 e. The Morgan fingerprint density at radius 1 is 1.26 bits per heavy atom. The number of rotatable bonds is 4. The van der Waals surface area contributed by atoms with Crippen LogP contribution in [0.1, 0.15) is 12.7 Å². The van der Waals surface area contributed by atoms with Gasteiger partial charge < -0.3 is 10.6 Å². The molecule has 4 nitrogen and oxygen atoms in total. The van der Waals surface area contributed by atoms with E-state index in [1.165, 1.54) is 6.07 Å². The average Bonchev–Trinajstić information content (AvgIpc) is 2.42. The molecule has 0 fully saturated rings. The molecule has 1 aromatic carbocycles. The molecule has 0 bridgehead atoms. The first-order valence-electron chi connectivity index (χ1n) is 5.90. The van der Waals surface area contributed by atoms with E-state index in [0.29, 0.717) is 28.9 Å². The number of aryl methyl sites for hydroxylation is 1. The fraction of sp³-hybridized carbons (Fsp3) is 0.231. The van der Waals surface area contributed by atoms with E-state index in [4.69, 9.17) is 11.6 Å². The number of aromatic nitrogens is 2. The van der Waals surface area contributed by atoms with Crippen molar-refractivity contribution in [2.24, 2.45) is 0 Å². The summed E-state index contributed by atoms with van der Waals surface area (Å²) in [4.78, 5) is 8.56. The van der Waals surface area contributed by atoms with Gasteiger partial charge in [0.15, 0.2) is 0 Å². The quantitative estimate of drug-likeness (QED) is 0.898. The van der Waals surface area contributed by atoms with Crippen molar-refractivity contribution < 1.29 is 4.39 Å². The molecular weight excluding hydrogens is 267 g/mol. The van der Waals surface area contributed by atoms with Gasteiger partial charge in [-0.05, 0) is 12.1 Å². The van der Waals surface area contributed by atoms with Gasteiger partial charge in [0.25, 0.3) is 0 Å². The molecule has 0 aliphatic carbocycles. The maximum atomic E-state index is 13.7. The van der Waals surface area contributed by atoms with E-state index >= 15 is 0 Å². The second-order valence-electron chi connectivity index (χ2n) is 3.88. The number of hydrogen-bond acceptors (Lipinski definition) is 4. The molecule has 0 saturated heterocycles. The molecule has 19 heavy (non-hydrogen) atoms. The monoisotopic (exact) mass is 280 g/mol. The lowest BCUT2D eigenvalue weighted by atomic mass is 10.3. The van der Waals surface area contributed by atoms with E-state index in [1.54, 1.807) is 25.2 Å². The minimum atomic E-state index is -0.421. The highest BCUT2D eigenvalue weighted by Crippen LogP contribution is 2.28. The van der Waals surface area contributed by atoms with Crippen LogP contribution in [0.3, 0.4) is 0 Å². The van der Waals surface area contributed by atoms with E-state index in [9.17, 15) is 4.39 Å². The summed E-state index contributed by atoms with van der Waals surface area (Å²) in [5.74, 6) is 1.42. The van der Waals surface area contributed by atoms with Gasteiger partial charge in [0.1, 0.15) is 23.3 Å². The number of para-hydroxylation sites is 1. The number of hydrogen-bond donors (Lipinski definition) is 2. The van der Waals surface area contributed by atoms with Gasteiger partial charge in [-0.15, -0.1) is 0 Å². The van der Waals surface area contributed by atoms with Crippen LogP contribution in [0.5, 0.6) is 0 Å². The average molecular weight is 281 g/mol. The van der Waals surface area contributed by atoms with E-state index < -0.39 is 5.82 Å². The number of anilines is 3. The third kappa shape index (κ3) is 3.12. The van der Waals surface area contributed by atoms with E-state index in [0.717, 1.165) is 0 Å². The highest BCUT2D eigenvalue weighted by molar-refractivity contribution is 6.33. The fourth-order valence-electron chi connectivity index (χ4n) is 1.59. The summed E-state index contributed by atoms with van der Waals surface area (Å²) in [5.41, 5.74) is 0.215. The van der Waals surface area contributed by atoms with E-state index in [-0.39, 0.29) is 5.69 Å². The Morgan fingerprint density at radius 3 is 2.63 bits per heavy atom.